The molecule has 2 aromatic carbocycles. The fourth-order valence-corrected chi connectivity index (χ4v) is 5.21. The number of nitrogens with zero attached hydrogens (tertiary/aromatic N) is 2. The second-order valence-electron chi connectivity index (χ2n) is 6.65. The van der Waals surface area contributed by atoms with Gasteiger partial charge in [-0.2, -0.15) is 4.99 Å². The van der Waals surface area contributed by atoms with Crippen molar-refractivity contribution < 1.29 is 17.9 Å². The fraction of sp³-hybridized carbons (Fsp3) is 0.333. The van der Waals surface area contributed by atoms with Crippen LogP contribution >= 0.6 is 11.3 Å². The summed E-state index contributed by atoms with van der Waals surface area (Å²) in [5.41, 5.74) is 1.84. The van der Waals surface area contributed by atoms with Crippen LogP contribution in [0.4, 0.5) is 0 Å². The van der Waals surface area contributed by atoms with Crippen LogP contribution < -0.4 is 9.54 Å². The second-order valence-corrected chi connectivity index (χ2v) is 9.65. The number of carbonyl (C=O) groups excluding carboxylic acids is 1. The van der Waals surface area contributed by atoms with Crippen molar-refractivity contribution in [1.29, 1.82) is 0 Å². The maximum Gasteiger partial charge on any atom is 0.263 e. The van der Waals surface area contributed by atoms with E-state index in [1.165, 1.54) is 23.5 Å². The van der Waals surface area contributed by atoms with Gasteiger partial charge >= 0.3 is 0 Å². The van der Waals surface area contributed by atoms with Gasteiger partial charge in [0.25, 0.3) is 5.91 Å². The molecule has 0 bridgehead atoms. The molecule has 8 heteroatoms. The van der Waals surface area contributed by atoms with Crippen molar-refractivity contribution in [3.8, 4) is 5.75 Å². The Bertz CT molecular complexity index is 1190. The van der Waals surface area contributed by atoms with E-state index in [1.54, 1.807) is 12.1 Å². The smallest absolute Gasteiger partial charge is 0.263 e. The first kappa shape index (κ1) is 21.3. The summed E-state index contributed by atoms with van der Waals surface area (Å²) in [7, 11) is -3.74. The highest BCUT2D eigenvalue weighted by molar-refractivity contribution is 7.92. The van der Waals surface area contributed by atoms with Crippen LogP contribution in [-0.2, 0) is 21.2 Å². The number of para-hydroxylation sites is 1. The number of ether oxygens (including phenoxy) is 1. The van der Waals surface area contributed by atoms with Crippen molar-refractivity contribution in [3.05, 3.63) is 52.8 Å². The molecule has 3 rings (SSSR count). The van der Waals surface area contributed by atoms with Crippen LogP contribution in [-0.4, -0.2) is 31.3 Å². The quantitative estimate of drug-likeness (QED) is 0.570. The Labute approximate surface area is 174 Å². The molecule has 0 atom stereocenters. The van der Waals surface area contributed by atoms with Gasteiger partial charge in [-0.3, -0.25) is 4.79 Å². The number of rotatable bonds is 7. The summed E-state index contributed by atoms with van der Waals surface area (Å²) in [4.78, 5) is 17.3. The molecule has 0 radical (unpaired) electrons. The van der Waals surface area contributed by atoms with Crippen LogP contribution in [0.1, 0.15) is 25.8 Å². The summed E-state index contributed by atoms with van der Waals surface area (Å²) in [6.45, 7) is 7.01. The van der Waals surface area contributed by atoms with Gasteiger partial charge < -0.3 is 9.30 Å². The second kappa shape index (κ2) is 8.92. The highest BCUT2D eigenvalue weighted by Gasteiger charge is 2.20. The molecule has 0 aliphatic rings. The van der Waals surface area contributed by atoms with Gasteiger partial charge in [0, 0.05) is 6.54 Å². The SMILES string of the molecule is CCCn1c(=NC(=O)CS(=O)(=O)c2ccc(C)cc2)sc2cccc(OCC)c21. The first-order valence-electron chi connectivity index (χ1n) is 9.48. The van der Waals surface area contributed by atoms with Gasteiger partial charge in [0.1, 0.15) is 17.0 Å². The average Bonchev–Trinajstić information content (AvgIpc) is 3.00. The maximum atomic E-state index is 12.6. The Morgan fingerprint density at radius 2 is 1.86 bits per heavy atom. The van der Waals surface area contributed by atoms with E-state index < -0.39 is 21.5 Å². The Hall–Kier alpha value is -2.45. The molecule has 0 aliphatic carbocycles. The molecule has 29 heavy (non-hydrogen) atoms. The van der Waals surface area contributed by atoms with E-state index in [1.807, 2.05) is 43.5 Å². The number of benzene rings is 2. The largest absolute Gasteiger partial charge is 0.492 e. The fourth-order valence-electron chi connectivity index (χ4n) is 3.02. The predicted molar refractivity (Wildman–Crippen MR) is 115 cm³/mol. The van der Waals surface area contributed by atoms with E-state index in [2.05, 4.69) is 4.99 Å². The molecule has 154 valence electrons. The number of hydrogen-bond donors (Lipinski definition) is 0. The van der Waals surface area contributed by atoms with Crippen molar-refractivity contribution in [2.45, 2.75) is 38.6 Å². The lowest BCUT2D eigenvalue weighted by molar-refractivity contribution is -0.115. The van der Waals surface area contributed by atoms with Gasteiger partial charge in [-0.1, -0.05) is 42.0 Å². The van der Waals surface area contributed by atoms with Crippen LogP contribution in [0.2, 0.25) is 0 Å². The van der Waals surface area contributed by atoms with E-state index in [-0.39, 0.29) is 4.90 Å². The van der Waals surface area contributed by atoms with E-state index in [9.17, 15) is 13.2 Å². The van der Waals surface area contributed by atoms with Gasteiger partial charge in [-0.25, -0.2) is 8.42 Å². The number of sulfone groups is 1. The molecular weight excluding hydrogens is 408 g/mol. The Kier molecular flexibility index (Phi) is 6.54. The van der Waals surface area contributed by atoms with Crippen LogP contribution in [0.5, 0.6) is 5.75 Å². The van der Waals surface area contributed by atoms with Crippen LogP contribution in [0, 0.1) is 6.92 Å². The Morgan fingerprint density at radius 3 is 2.52 bits per heavy atom. The molecule has 1 aromatic heterocycles. The van der Waals surface area contributed by atoms with Crippen molar-refractivity contribution >= 4 is 37.3 Å². The molecule has 6 nitrogen and oxygen atoms in total. The van der Waals surface area contributed by atoms with E-state index in [4.69, 9.17) is 4.74 Å². The average molecular weight is 433 g/mol. The van der Waals surface area contributed by atoms with E-state index in [0.717, 1.165) is 28.0 Å². The van der Waals surface area contributed by atoms with Crippen LogP contribution in [0.3, 0.4) is 0 Å². The number of fused-ring (bicyclic) bond motifs is 1. The summed E-state index contributed by atoms with van der Waals surface area (Å²) < 4.78 is 33.7. The molecule has 0 spiro atoms. The van der Waals surface area contributed by atoms with Gasteiger partial charge in [-0.15, -0.1) is 0 Å². The number of thiazole rings is 1. The minimum Gasteiger partial charge on any atom is -0.492 e. The molecular formula is C21H24N2O4S2. The van der Waals surface area contributed by atoms with Gasteiger partial charge in [0.2, 0.25) is 0 Å². The number of aryl methyl sites for hydroxylation is 2. The normalized spacial score (nSPS) is 12.4. The summed E-state index contributed by atoms with van der Waals surface area (Å²) >= 11 is 1.36. The predicted octanol–water partition coefficient (Wildman–Crippen LogP) is 3.72. The van der Waals surface area contributed by atoms with E-state index >= 15 is 0 Å². The monoisotopic (exact) mass is 432 g/mol. The zero-order chi connectivity index (χ0) is 21.0. The highest BCUT2D eigenvalue weighted by Crippen LogP contribution is 2.27. The number of aromatic nitrogens is 1. The molecule has 0 fully saturated rings. The minimum absolute atomic E-state index is 0.128. The van der Waals surface area contributed by atoms with Gasteiger partial charge in [-0.05, 0) is 44.5 Å². The molecule has 0 saturated heterocycles. The van der Waals surface area contributed by atoms with Crippen molar-refractivity contribution in [2.75, 3.05) is 12.4 Å². The molecule has 0 N–H and O–H groups in total. The lowest BCUT2D eigenvalue weighted by Crippen LogP contribution is -2.21. The highest BCUT2D eigenvalue weighted by atomic mass is 32.2. The molecule has 0 unspecified atom stereocenters. The van der Waals surface area contributed by atoms with Gasteiger partial charge in [0.05, 0.1) is 16.2 Å². The summed E-state index contributed by atoms with van der Waals surface area (Å²) in [5, 5.41) is 0. The number of amides is 1. The van der Waals surface area contributed by atoms with Crippen LogP contribution in [0.15, 0.2) is 52.4 Å². The molecule has 0 aliphatic heterocycles. The first-order valence-corrected chi connectivity index (χ1v) is 11.9. The summed E-state index contributed by atoms with van der Waals surface area (Å²) in [6.07, 6.45) is 0.843. The Balaban J connectivity index is 2.00. The van der Waals surface area contributed by atoms with Crippen molar-refractivity contribution in [1.82, 2.24) is 4.57 Å². The number of carbonyl (C=O) groups is 1. The minimum atomic E-state index is -3.74. The molecule has 1 amide bonds. The van der Waals surface area contributed by atoms with Crippen molar-refractivity contribution in [3.63, 3.8) is 0 Å². The van der Waals surface area contributed by atoms with Crippen LogP contribution in [0.25, 0.3) is 10.2 Å². The van der Waals surface area contributed by atoms with E-state index in [0.29, 0.717) is 18.0 Å². The lowest BCUT2D eigenvalue weighted by atomic mass is 10.2. The maximum absolute atomic E-state index is 12.6. The van der Waals surface area contributed by atoms with Gasteiger partial charge in [0.15, 0.2) is 14.6 Å². The summed E-state index contributed by atoms with van der Waals surface area (Å²) in [5.74, 6) is -0.606. The lowest BCUT2D eigenvalue weighted by Gasteiger charge is -2.08. The molecule has 0 saturated carbocycles. The first-order chi connectivity index (χ1) is 13.9. The zero-order valence-electron chi connectivity index (χ0n) is 16.7. The summed E-state index contributed by atoms with van der Waals surface area (Å²) in [6, 6.07) is 12.2. The van der Waals surface area contributed by atoms with Crippen molar-refractivity contribution in [2.24, 2.45) is 4.99 Å². The Morgan fingerprint density at radius 1 is 1.14 bits per heavy atom. The zero-order valence-corrected chi connectivity index (χ0v) is 18.3. The number of hydrogen-bond acceptors (Lipinski definition) is 5. The third kappa shape index (κ3) is 4.76. The molecule has 1 heterocycles. The third-order valence-electron chi connectivity index (χ3n) is 4.33. The topological polar surface area (TPSA) is 77.7 Å². The molecule has 3 aromatic rings. The third-order valence-corrected chi connectivity index (χ3v) is 6.99. The standard InChI is InChI=1S/C21H24N2O4S2/c1-4-13-23-20-17(27-5-2)7-6-8-18(20)28-21(23)22-19(24)14-29(25,26)16-11-9-15(3)10-12-16/h6-12H,4-5,13-14H2,1-3H3.